The molecular formula is C50H51N13OS. The number of hydrogen-bond donors (Lipinski definition) is 4. The van der Waals surface area contributed by atoms with E-state index in [0.717, 1.165) is 100 Å². The predicted molar refractivity (Wildman–Crippen MR) is 258 cm³/mol. The van der Waals surface area contributed by atoms with Gasteiger partial charge in [0.05, 0.1) is 19.1 Å². The molecule has 0 saturated heterocycles. The Kier molecular flexibility index (Phi) is 11.7. The molecule has 4 aromatic carbocycles. The maximum atomic E-state index is 9.48. The first-order valence-electron chi connectivity index (χ1n) is 22.3. The lowest BCUT2D eigenvalue weighted by Crippen LogP contribution is -2.33. The van der Waals surface area contributed by atoms with Gasteiger partial charge in [0.15, 0.2) is 17.3 Å². The van der Waals surface area contributed by atoms with Crippen LogP contribution in [0.15, 0.2) is 109 Å². The molecule has 0 unspecified atom stereocenters. The van der Waals surface area contributed by atoms with Gasteiger partial charge in [-0.25, -0.2) is 24.9 Å². The molecule has 5 heterocycles. The summed E-state index contributed by atoms with van der Waals surface area (Å²) in [5.74, 6) is 4.16. The highest BCUT2D eigenvalue weighted by molar-refractivity contribution is 7.17. The second-order valence-corrected chi connectivity index (χ2v) is 18.1. The molecule has 65 heavy (non-hydrogen) atoms. The lowest BCUT2D eigenvalue weighted by Gasteiger charge is -2.28. The molecule has 5 N–H and O–H groups in total. The molecule has 2 aliphatic carbocycles. The van der Waals surface area contributed by atoms with Crippen molar-refractivity contribution in [1.29, 1.82) is 0 Å². The fraction of sp³-hybridized carbons (Fsp3) is 0.280. The standard InChI is InChI=1S/C26H28N8.C24H23N5OS/c1-34-32-25(31-33-34)17-7-12-21-18(14-17)15-22-24(21)26(28-20-10-8-19(27)9-11-20)30-23(29-22)13-16-5-3-2-4-6-16;1-15(2)29-14-26-21-23(25-12-11-16-7-9-17(30)10-8-16)27-22(28-24(21)29)19-13-31-20-6-4-3-5-18(19)20/h2-7,12,14,19-20H,8-11,13,15,27H2,1H3,(H,28,29,30);3-10,13-15,30H,11-12H2,1-2H3,(H,25,27,28). The molecule has 0 amide bonds. The van der Waals surface area contributed by atoms with Crippen molar-refractivity contribution in [2.45, 2.75) is 76.9 Å². The molecular weight excluding hydrogens is 831 g/mol. The molecule has 1 fully saturated rings. The molecule has 15 heteroatoms. The van der Waals surface area contributed by atoms with Crippen LogP contribution in [0.25, 0.3) is 55.2 Å². The summed E-state index contributed by atoms with van der Waals surface area (Å²) in [4.78, 5) is 25.9. The van der Waals surface area contributed by atoms with Gasteiger partial charge in [0.2, 0.25) is 5.82 Å². The number of thiophene rings is 1. The van der Waals surface area contributed by atoms with Gasteiger partial charge in [-0.15, -0.1) is 21.5 Å². The van der Waals surface area contributed by atoms with E-state index in [1.54, 1.807) is 30.5 Å². The highest BCUT2D eigenvalue weighted by Gasteiger charge is 2.28. The molecule has 0 atom stereocenters. The van der Waals surface area contributed by atoms with E-state index in [-0.39, 0.29) is 11.8 Å². The lowest BCUT2D eigenvalue weighted by molar-refractivity contribution is 0.410. The van der Waals surface area contributed by atoms with E-state index < -0.39 is 0 Å². The molecule has 0 aliphatic heterocycles. The summed E-state index contributed by atoms with van der Waals surface area (Å²) in [7, 11) is 1.78. The van der Waals surface area contributed by atoms with Crippen molar-refractivity contribution >= 4 is 44.2 Å². The minimum atomic E-state index is 0.247. The van der Waals surface area contributed by atoms with Crippen LogP contribution in [0.3, 0.4) is 0 Å². The number of benzene rings is 4. The summed E-state index contributed by atoms with van der Waals surface area (Å²) < 4.78 is 3.31. The van der Waals surface area contributed by atoms with Crippen LogP contribution in [0, 0.1) is 0 Å². The number of imidazole rings is 1. The Morgan fingerprint density at radius 3 is 2.42 bits per heavy atom. The number of nitrogens with two attached hydrogens (primary N) is 1. The summed E-state index contributed by atoms with van der Waals surface area (Å²) >= 11 is 1.71. The first-order chi connectivity index (χ1) is 31.7. The normalized spacial score (nSPS) is 15.5. The topological polar surface area (TPSA) is 183 Å². The van der Waals surface area contributed by atoms with Crippen LogP contribution in [0.4, 0.5) is 11.6 Å². The van der Waals surface area contributed by atoms with Crippen LogP contribution in [0.2, 0.25) is 0 Å². The molecule has 328 valence electrons. The minimum absolute atomic E-state index is 0.247. The van der Waals surface area contributed by atoms with Crippen molar-refractivity contribution in [2.75, 3.05) is 17.2 Å². The zero-order valence-corrected chi connectivity index (χ0v) is 37.5. The summed E-state index contributed by atoms with van der Waals surface area (Å²) in [6.07, 6.45) is 8.37. The molecule has 0 bridgehead atoms. The van der Waals surface area contributed by atoms with Crippen molar-refractivity contribution in [3.8, 4) is 39.7 Å². The lowest BCUT2D eigenvalue weighted by atomic mass is 9.91. The van der Waals surface area contributed by atoms with Gasteiger partial charge < -0.3 is 26.0 Å². The summed E-state index contributed by atoms with van der Waals surface area (Å²) in [5.41, 5.74) is 16.7. The van der Waals surface area contributed by atoms with Crippen molar-refractivity contribution in [2.24, 2.45) is 12.8 Å². The predicted octanol–water partition coefficient (Wildman–Crippen LogP) is 9.16. The fourth-order valence-electron chi connectivity index (χ4n) is 8.77. The number of phenolic OH excluding ortho intramolecular Hbond substituents is 1. The van der Waals surface area contributed by atoms with E-state index in [9.17, 15) is 5.11 Å². The minimum Gasteiger partial charge on any atom is -0.508 e. The molecule has 0 spiro atoms. The number of phenols is 1. The van der Waals surface area contributed by atoms with Gasteiger partial charge in [-0.2, -0.15) is 4.80 Å². The van der Waals surface area contributed by atoms with Gasteiger partial charge >= 0.3 is 0 Å². The zero-order valence-electron chi connectivity index (χ0n) is 36.7. The van der Waals surface area contributed by atoms with Crippen molar-refractivity contribution in [3.63, 3.8) is 0 Å². The number of aromatic nitrogens is 10. The third-order valence-electron chi connectivity index (χ3n) is 12.2. The molecule has 5 aromatic heterocycles. The molecule has 11 rings (SSSR count). The van der Waals surface area contributed by atoms with Crippen LogP contribution in [0.5, 0.6) is 5.75 Å². The Hall–Kier alpha value is -7.10. The van der Waals surface area contributed by atoms with E-state index in [0.29, 0.717) is 36.7 Å². The van der Waals surface area contributed by atoms with Crippen molar-refractivity contribution in [3.05, 3.63) is 137 Å². The maximum absolute atomic E-state index is 9.48. The van der Waals surface area contributed by atoms with Gasteiger partial charge in [-0.1, -0.05) is 72.8 Å². The Morgan fingerprint density at radius 2 is 1.63 bits per heavy atom. The van der Waals surface area contributed by atoms with Crippen LogP contribution in [-0.4, -0.2) is 73.4 Å². The largest absolute Gasteiger partial charge is 0.508 e. The van der Waals surface area contributed by atoms with Gasteiger partial charge in [-0.3, -0.25) is 0 Å². The Balaban J connectivity index is 0.000000154. The highest BCUT2D eigenvalue weighted by atomic mass is 32.1. The number of tetrazole rings is 1. The molecule has 0 radical (unpaired) electrons. The number of aryl methyl sites for hydroxylation is 1. The second kappa shape index (κ2) is 18.2. The second-order valence-electron chi connectivity index (χ2n) is 17.2. The quantitative estimate of drug-likeness (QED) is 0.0968. The van der Waals surface area contributed by atoms with Crippen LogP contribution < -0.4 is 16.4 Å². The van der Waals surface area contributed by atoms with E-state index in [1.807, 2.05) is 30.6 Å². The first-order valence-corrected chi connectivity index (χ1v) is 23.2. The van der Waals surface area contributed by atoms with Crippen LogP contribution >= 0.6 is 11.3 Å². The number of aromatic hydroxyl groups is 1. The van der Waals surface area contributed by atoms with Crippen LogP contribution in [0.1, 0.15) is 73.8 Å². The average Bonchev–Trinajstić information content (AvgIpc) is 4.13. The molecule has 1 saturated carbocycles. The monoisotopic (exact) mass is 881 g/mol. The van der Waals surface area contributed by atoms with E-state index >= 15 is 0 Å². The highest BCUT2D eigenvalue weighted by Crippen LogP contribution is 2.42. The average molecular weight is 882 g/mol. The third-order valence-corrected chi connectivity index (χ3v) is 13.2. The van der Waals surface area contributed by atoms with E-state index in [4.69, 9.17) is 25.7 Å². The van der Waals surface area contributed by atoms with E-state index in [2.05, 4.69) is 115 Å². The smallest absolute Gasteiger partial charge is 0.204 e. The summed E-state index contributed by atoms with van der Waals surface area (Å²) in [5, 5.41) is 32.5. The van der Waals surface area contributed by atoms with Crippen LogP contribution in [-0.2, 0) is 26.3 Å². The maximum Gasteiger partial charge on any atom is 0.204 e. The first kappa shape index (κ1) is 41.9. The van der Waals surface area contributed by atoms with Gasteiger partial charge in [0.25, 0.3) is 0 Å². The molecule has 14 nitrogen and oxygen atoms in total. The molecule has 2 aliphatic rings. The van der Waals surface area contributed by atoms with E-state index in [1.165, 1.54) is 26.2 Å². The number of fused-ring (bicyclic) bond motifs is 5. The zero-order chi connectivity index (χ0) is 44.4. The summed E-state index contributed by atoms with van der Waals surface area (Å²) in [6.45, 7) is 4.96. The van der Waals surface area contributed by atoms with Gasteiger partial charge in [-0.05, 0) is 97.7 Å². The Morgan fingerprint density at radius 1 is 0.831 bits per heavy atom. The van der Waals surface area contributed by atoms with Gasteiger partial charge in [0, 0.05) is 69.7 Å². The Labute approximate surface area is 381 Å². The number of hydrogen-bond acceptors (Lipinski definition) is 13. The third kappa shape index (κ3) is 9.02. The van der Waals surface area contributed by atoms with Gasteiger partial charge in [0.1, 0.15) is 22.9 Å². The summed E-state index contributed by atoms with van der Waals surface area (Å²) in [6, 6.07) is 33.4. The molecule has 9 aromatic rings. The number of nitrogens with zero attached hydrogens (tertiary/aromatic N) is 10. The van der Waals surface area contributed by atoms with Crippen molar-refractivity contribution in [1.82, 2.24) is 49.7 Å². The Bertz CT molecular complexity index is 3100. The SMILES string of the molecule is CC(C)n1cnc2c(NCCc3ccc(O)cc3)nc(-c3csc4ccccc34)nc21.Cn1nnc(-c2ccc3c(c2)Cc2nc(Cc4ccccc4)nc(NC4CCC(N)CC4)c2-3)n1. The number of nitrogens with one attached hydrogen (secondary N) is 2. The van der Waals surface area contributed by atoms with Crippen molar-refractivity contribution < 1.29 is 5.11 Å². The fourth-order valence-corrected chi connectivity index (χ4v) is 9.71. The number of rotatable bonds is 11. The number of anilines is 2.